The number of hydrogen-bond donors (Lipinski definition) is 1. The van der Waals surface area contributed by atoms with E-state index in [0.717, 1.165) is 38.9 Å². The fourth-order valence-electron chi connectivity index (χ4n) is 1.28. The van der Waals surface area contributed by atoms with Crippen LogP contribution >= 0.6 is 16.1 Å². The van der Waals surface area contributed by atoms with E-state index in [1.54, 1.807) is 0 Å². The zero-order chi connectivity index (χ0) is 8.10. The van der Waals surface area contributed by atoms with Crippen molar-refractivity contribution in [1.29, 1.82) is 0 Å². The van der Waals surface area contributed by atoms with Gasteiger partial charge >= 0.3 is 0 Å². The lowest BCUT2D eigenvalue weighted by molar-refractivity contribution is -0.133. The van der Waals surface area contributed by atoms with Gasteiger partial charge in [0.05, 0.1) is 0 Å². The van der Waals surface area contributed by atoms with Gasteiger partial charge in [-0.05, 0) is 12.8 Å². The first kappa shape index (κ1) is 9.00. The van der Waals surface area contributed by atoms with Crippen molar-refractivity contribution in [2.75, 3.05) is 19.6 Å². The molecule has 1 N–H and O–H groups in total. The predicted octanol–water partition coefficient (Wildman–Crippen LogP) is 0.898. The molecule has 1 fully saturated rings. The molecule has 0 unspecified atom stereocenters. The summed E-state index contributed by atoms with van der Waals surface area (Å²) in [7, 11) is 0. The van der Waals surface area contributed by atoms with Crippen LogP contribution in [0, 0.1) is 0 Å². The average molecular weight is 221 g/mol. The summed E-state index contributed by atoms with van der Waals surface area (Å²) in [5, 5.41) is 0. The van der Waals surface area contributed by atoms with E-state index in [9.17, 15) is 4.79 Å². The molecule has 0 spiro atoms. The van der Waals surface area contributed by atoms with Gasteiger partial charge in [0.2, 0.25) is 5.91 Å². The van der Waals surface area contributed by atoms with E-state index < -0.39 is 0 Å². The van der Waals surface area contributed by atoms with E-state index in [1.165, 1.54) is 0 Å². The van der Waals surface area contributed by atoms with Gasteiger partial charge in [-0.3, -0.25) is 9.14 Å². The van der Waals surface area contributed by atoms with Gasteiger partial charge in [-0.2, -0.15) is 0 Å². The fourth-order valence-corrected chi connectivity index (χ4v) is 1.45. The first-order chi connectivity index (χ1) is 5.34. The Hall–Kier alpha value is -0.0900. The van der Waals surface area contributed by atoms with Gasteiger partial charge in [-0.1, -0.05) is 0 Å². The van der Waals surface area contributed by atoms with Crippen LogP contribution in [0.25, 0.3) is 0 Å². The summed E-state index contributed by atoms with van der Waals surface area (Å²) >= 11 is 3.11. The number of nitrogens with one attached hydrogen (secondary N) is 1. The Morgan fingerprint density at radius 2 is 2.36 bits per heavy atom. The molecule has 1 amide bonds. The van der Waals surface area contributed by atoms with E-state index in [2.05, 4.69) is 20.5 Å². The van der Waals surface area contributed by atoms with Crippen LogP contribution in [0.3, 0.4) is 0 Å². The molecule has 0 aliphatic carbocycles. The molecule has 0 atom stereocenters. The molecule has 0 radical (unpaired) electrons. The maximum absolute atomic E-state index is 11.2. The van der Waals surface area contributed by atoms with E-state index in [1.807, 2.05) is 4.90 Å². The molecule has 1 aliphatic heterocycles. The van der Waals surface area contributed by atoms with E-state index >= 15 is 0 Å². The van der Waals surface area contributed by atoms with Crippen molar-refractivity contribution in [3.8, 4) is 0 Å². The summed E-state index contributed by atoms with van der Waals surface area (Å²) in [6, 6.07) is 0. The van der Waals surface area contributed by atoms with E-state index in [-0.39, 0.29) is 0 Å². The summed E-state index contributed by atoms with van der Waals surface area (Å²) < 4.78 is 2.85. The van der Waals surface area contributed by atoms with Gasteiger partial charge in [0.1, 0.15) is 0 Å². The standard InChI is InChI=1S/C7H13BrN2O/c8-9-4-6-10-5-2-1-3-7(10)11/h9H,1-6H2. The molecule has 0 aromatic rings. The van der Waals surface area contributed by atoms with E-state index in [4.69, 9.17) is 0 Å². The van der Waals surface area contributed by atoms with Gasteiger partial charge in [0, 0.05) is 42.2 Å². The van der Waals surface area contributed by atoms with Gasteiger partial charge < -0.3 is 4.90 Å². The normalized spacial score (nSPS) is 19.0. The van der Waals surface area contributed by atoms with Gasteiger partial charge in [0.15, 0.2) is 0 Å². The Kier molecular flexibility index (Phi) is 3.86. The lowest BCUT2D eigenvalue weighted by atomic mass is 10.1. The molecule has 0 aromatic carbocycles. The van der Waals surface area contributed by atoms with Crippen LogP contribution < -0.4 is 4.34 Å². The van der Waals surface area contributed by atoms with Gasteiger partial charge in [0.25, 0.3) is 0 Å². The number of hydrogen-bond acceptors (Lipinski definition) is 2. The molecule has 11 heavy (non-hydrogen) atoms. The Morgan fingerprint density at radius 1 is 1.55 bits per heavy atom. The molecule has 64 valence electrons. The zero-order valence-corrected chi connectivity index (χ0v) is 8.06. The summed E-state index contributed by atoms with van der Waals surface area (Å²) in [6.45, 7) is 2.59. The van der Waals surface area contributed by atoms with Crippen LogP contribution in [0.4, 0.5) is 0 Å². The quantitative estimate of drug-likeness (QED) is 0.718. The number of carbonyl (C=O) groups is 1. The SMILES string of the molecule is O=C1CCCCN1CCNBr. The zero-order valence-electron chi connectivity index (χ0n) is 6.48. The maximum atomic E-state index is 11.2. The maximum Gasteiger partial charge on any atom is 0.222 e. The molecule has 4 heteroatoms. The van der Waals surface area contributed by atoms with Crippen molar-refractivity contribution in [2.24, 2.45) is 0 Å². The molecule has 1 saturated heterocycles. The Morgan fingerprint density at radius 3 is 3.00 bits per heavy atom. The van der Waals surface area contributed by atoms with Crippen LogP contribution in [0.5, 0.6) is 0 Å². The van der Waals surface area contributed by atoms with Crippen LogP contribution in [-0.2, 0) is 4.79 Å². The topological polar surface area (TPSA) is 32.3 Å². The van der Waals surface area contributed by atoms with Crippen molar-refractivity contribution in [3.05, 3.63) is 0 Å². The number of carbonyl (C=O) groups excluding carboxylic acids is 1. The highest BCUT2D eigenvalue weighted by Crippen LogP contribution is 2.09. The average Bonchev–Trinajstić information content (AvgIpc) is 2.03. The monoisotopic (exact) mass is 220 g/mol. The van der Waals surface area contributed by atoms with Gasteiger partial charge in [-0.15, -0.1) is 0 Å². The van der Waals surface area contributed by atoms with Crippen LogP contribution in [0.15, 0.2) is 0 Å². The van der Waals surface area contributed by atoms with Crippen LogP contribution in [0.2, 0.25) is 0 Å². The van der Waals surface area contributed by atoms with Gasteiger partial charge in [-0.25, -0.2) is 0 Å². The second-order valence-corrected chi connectivity index (χ2v) is 3.28. The van der Waals surface area contributed by atoms with Crippen molar-refractivity contribution < 1.29 is 4.79 Å². The number of piperidine rings is 1. The summed E-state index contributed by atoms with van der Waals surface area (Å²) in [5.74, 6) is 0.305. The Bertz CT molecular complexity index is 140. The van der Waals surface area contributed by atoms with E-state index in [0.29, 0.717) is 5.91 Å². The van der Waals surface area contributed by atoms with Crippen molar-refractivity contribution in [2.45, 2.75) is 19.3 Å². The third kappa shape index (κ3) is 2.79. The minimum atomic E-state index is 0.305. The fraction of sp³-hybridized carbons (Fsp3) is 0.857. The smallest absolute Gasteiger partial charge is 0.222 e. The summed E-state index contributed by atoms with van der Waals surface area (Å²) in [5.41, 5.74) is 0. The number of rotatable bonds is 3. The second kappa shape index (κ2) is 4.72. The highest BCUT2D eigenvalue weighted by molar-refractivity contribution is 9.08. The lowest BCUT2D eigenvalue weighted by Gasteiger charge is -2.26. The molecule has 0 aromatic heterocycles. The third-order valence-electron chi connectivity index (χ3n) is 1.90. The molecule has 1 heterocycles. The number of halogens is 1. The predicted molar refractivity (Wildman–Crippen MR) is 47.4 cm³/mol. The number of nitrogens with zero attached hydrogens (tertiary/aromatic N) is 1. The molecule has 3 nitrogen and oxygen atoms in total. The first-order valence-corrected chi connectivity index (χ1v) is 4.75. The Labute approximate surface area is 75.5 Å². The minimum Gasteiger partial charge on any atom is -0.341 e. The third-order valence-corrected chi connectivity index (χ3v) is 2.29. The lowest BCUT2D eigenvalue weighted by Crippen LogP contribution is -2.38. The largest absolute Gasteiger partial charge is 0.341 e. The van der Waals surface area contributed by atoms with Crippen molar-refractivity contribution in [1.82, 2.24) is 9.24 Å². The molecular weight excluding hydrogens is 208 g/mol. The molecular formula is C7H13BrN2O. The minimum absolute atomic E-state index is 0.305. The number of likely N-dealkylation sites (tertiary alicyclic amines) is 1. The Balaban J connectivity index is 2.24. The highest BCUT2D eigenvalue weighted by atomic mass is 79.9. The molecule has 0 saturated carbocycles. The van der Waals surface area contributed by atoms with Crippen LogP contribution in [0.1, 0.15) is 19.3 Å². The summed E-state index contributed by atoms with van der Waals surface area (Å²) in [4.78, 5) is 13.1. The number of amides is 1. The molecule has 0 bridgehead atoms. The summed E-state index contributed by atoms with van der Waals surface area (Å²) in [6.07, 6.45) is 2.97. The molecule has 1 aliphatic rings. The highest BCUT2D eigenvalue weighted by Gasteiger charge is 2.16. The van der Waals surface area contributed by atoms with Crippen molar-refractivity contribution >= 4 is 22.1 Å². The van der Waals surface area contributed by atoms with Crippen molar-refractivity contribution in [3.63, 3.8) is 0 Å². The first-order valence-electron chi connectivity index (χ1n) is 3.96. The molecule has 1 rings (SSSR count). The second-order valence-electron chi connectivity index (χ2n) is 2.72. The van der Waals surface area contributed by atoms with Crippen LogP contribution in [-0.4, -0.2) is 30.4 Å².